The van der Waals surface area contributed by atoms with Crippen LogP contribution in [0.2, 0.25) is 0 Å². The molecule has 1 aliphatic rings. The van der Waals surface area contributed by atoms with Gasteiger partial charge in [-0.2, -0.15) is 0 Å². The van der Waals surface area contributed by atoms with Crippen molar-refractivity contribution in [1.29, 1.82) is 0 Å². The predicted molar refractivity (Wildman–Crippen MR) is 53.1 cm³/mol. The van der Waals surface area contributed by atoms with Crippen LogP contribution in [0.5, 0.6) is 0 Å². The summed E-state index contributed by atoms with van der Waals surface area (Å²) in [5.74, 6) is -0.889. The van der Waals surface area contributed by atoms with Crippen LogP contribution in [0, 0.1) is 5.92 Å². The van der Waals surface area contributed by atoms with Crippen LogP contribution in [-0.4, -0.2) is 34.9 Å². The second kappa shape index (κ2) is 5.32. The monoisotopic (exact) mass is 201 g/mol. The molecule has 0 aromatic carbocycles. The average Bonchev–Trinajstić information content (AvgIpc) is 2.18. The van der Waals surface area contributed by atoms with Crippen LogP contribution < -0.4 is 5.32 Å². The largest absolute Gasteiger partial charge is 0.481 e. The minimum absolute atomic E-state index is 0.0625. The van der Waals surface area contributed by atoms with E-state index < -0.39 is 5.97 Å². The quantitative estimate of drug-likeness (QED) is 0.623. The van der Waals surface area contributed by atoms with Crippen molar-refractivity contribution in [1.82, 2.24) is 5.32 Å². The highest BCUT2D eigenvalue weighted by molar-refractivity contribution is 5.70. The molecule has 1 fully saturated rings. The van der Waals surface area contributed by atoms with Crippen molar-refractivity contribution in [3.8, 4) is 0 Å². The molecule has 4 heteroatoms. The Kier molecular flexibility index (Phi) is 4.35. The molecule has 3 unspecified atom stereocenters. The van der Waals surface area contributed by atoms with E-state index >= 15 is 0 Å². The van der Waals surface area contributed by atoms with Gasteiger partial charge < -0.3 is 15.5 Å². The van der Waals surface area contributed by atoms with E-state index in [2.05, 4.69) is 5.32 Å². The molecular formula is C10H19NO3. The molecule has 1 aliphatic carbocycles. The van der Waals surface area contributed by atoms with Gasteiger partial charge in [-0.15, -0.1) is 0 Å². The van der Waals surface area contributed by atoms with Gasteiger partial charge in [0.2, 0.25) is 0 Å². The molecule has 0 saturated heterocycles. The Bertz CT molecular complexity index is 196. The zero-order chi connectivity index (χ0) is 10.6. The summed E-state index contributed by atoms with van der Waals surface area (Å²) >= 11 is 0. The molecule has 14 heavy (non-hydrogen) atoms. The third kappa shape index (κ3) is 3.27. The van der Waals surface area contributed by atoms with Crippen LogP contribution in [-0.2, 0) is 4.79 Å². The first-order valence-corrected chi connectivity index (χ1v) is 5.23. The minimum Gasteiger partial charge on any atom is -0.481 e. The Morgan fingerprint density at radius 1 is 1.57 bits per heavy atom. The molecule has 0 heterocycles. The first kappa shape index (κ1) is 11.5. The van der Waals surface area contributed by atoms with Crippen LogP contribution in [0.25, 0.3) is 0 Å². The Balaban J connectivity index is 2.36. The summed E-state index contributed by atoms with van der Waals surface area (Å²) in [5, 5.41) is 21.0. The summed E-state index contributed by atoms with van der Waals surface area (Å²) in [6.07, 6.45) is 3.47. The highest BCUT2D eigenvalue weighted by Crippen LogP contribution is 2.24. The fraction of sp³-hybridized carbons (Fsp3) is 0.900. The van der Waals surface area contributed by atoms with E-state index in [1.165, 1.54) is 0 Å². The molecule has 4 nitrogen and oxygen atoms in total. The molecule has 3 atom stereocenters. The number of aliphatic hydroxyl groups excluding tert-OH is 1. The van der Waals surface area contributed by atoms with Gasteiger partial charge in [0.05, 0.1) is 12.5 Å². The number of aliphatic carboxylic acids is 1. The lowest BCUT2D eigenvalue weighted by Gasteiger charge is -2.29. The normalized spacial score (nSPS) is 29.9. The topological polar surface area (TPSA) is 69.6 Å². The summed E-state index contributed by atoms with van der Waals surface area (Å²) in [6, 6.07) is 0.319. The number of carboxylic acids is 1. The first-order chi connectivity index (χ1) is 6.63. The van der Waals surface area contributed by atoms with Gasteiger partial charge in [0.15, 0.2) is 0 Å². The maximum atomic E-state index is 10.8. The molecule has 0 amide bonds. The van der Waals surface area contributed by atoms with E-state index in [4.69, 9.17) is 10.2 Å². The van der Waals surface area contributed by atoms with Gasteiger partial charge in [0.1, 0.15) is 0 Å². The predicted octanol–water partition coefficient (Wildman–Crippen LogP) is 0.600. The SMILES string of the molecule is CC(CO)NC1CCCC(C(=O)O)C1. The highest BCUT2D eigenvalue weighted by atomic mass is 16.4. The second-order valence-electron chi connectivity index (χ2n) is 4.15. The van der Waals surface area contributed by atoms with Crippen molar-refractivity contribution in [2.75, 3.05) is 6.61 Å². The van der Waals surface area contributed by atoms with Crippen LogP contribution in [0.3, 0.4) is 0 Å². The van der Waals surface area contributed by atoms with E-state index in [1.807, 2.05) is 6.92 Å². The van der Waals surface area contributed by atoms with E-state index in [9.17, 15) is 4.79 Å². The van der Waals surface area contributed by atoms with Crippen molar-refractivity contribution >= 4 is 5.97 Å². The van der Waals surface area contributed by atoms with E-state index in [-0.39, 0.29) is 24.6 Å². The average molecular weight is 201 g/mol. The molecule has 0 aromatic heterocycles. The fourth-order valence-electron chi connectivity index (χ4n) is 2.02. The van der Waals surface area contributed by atoms with E-state index in [1.54, 1.807) is 0 Å². The lowest BCUT2D eigenvalue weighted by atomic mass is 9.85. The molecule has 1 rings (SSSR count). The van der Waals surface area contributed by atoms with Crippen LogP contribution in [0.15, 0.2) is 0 Å². The molecule has 3 N–H and O–H groups in total. The number of aliphatic hydroxyl groups is 1. The van der Waals surface area contributed by atoms with E-state index in [0.717, 1.165) is 19.3 Å². The fourth-order valence-corrected chi connectivity index (χ4v) is 2.02. The number of nitrogens with one attached hydrogen (secondary N) is 1. The maximum absolute atomic E-state index is 10.8. The molecule has 82 valence electrons. The maximum Gasteiger partial charge on any atom is 0.306 e. The molecule has 0 bridgehead atoms. The smallest absolute Gasteiger partial charge is 0.306 e. The van der Waals surface area contributed by atoms with Crippen molar-refractivity contribution in [3.63, 3.8) is 0 Å². The van der Waals surface area contributed by atoms with Crippen molar-refractivity contribution in [3.05, 3.63) is 0 Å². The van der Waals surface area contributed by atoms with Gasteiger partial charge in [-0.3, -0.25) is 4.79 Å². The van der Waals surface area contributed by atoms with E-state index in [0.29, 0.717) is 6.42 Å². The van der Waals surface area contributed by atoms with Gasteiger partial charge in [-0.25, -0.2) is 0 Å². The van der Waals surface area contributed by atoms with Gasteiger partial charge in [0, 0.05) is 12.1 Å². The van der Waals surface area contributed by atoms with Crippen LogP contribution in [0.1, 0.15) is 32.6 Å². The lowest BCUT2D eigenvalue weighted by Crippen LogP contribution is -2.42. The summed E-state index contributed by atoms with van der Waals surface area (Å²) in [6.45, 7) is 2.01. The second-order valence-corrected chi connectivity index (χ2v) is 4.15. The highest BCUT2D eigenvalue weighted by Gasteiger charge is 2.27. The number of hydrogen-bond donors (Lipinski definition) is 3. The number of carboxylic acid groups (broad SMARTS) is 1. The summed E-state index contributed by atoms with van der Waals surface area (Å²) < 4.78 is 0. The third-order valence-electron chi connectivity index (χ3n) is 2.82. The van der Waals surface area contributed by atoms with Gasteiger partial charge >= 0.3 is 5.97 Å². The molecule has 0 radical (unpaired) electrons. The zero-order valence-electron chi connectivity index (χ0n) is 8.57. The number of rotatable bonds is 4. The van der Waals surface area contributed by atoms with Crippen LogP contribution >= 0.6 is 0 Å². The number of carbonyl (C=O) groups is 1. The Labute approximate surface area is 84.3 Å². The van der Waals surface area contributed by atoms with Gasteiger partial charge in [0.25, 0.3) is 0 Å². The Hall–Kier alpha value is -0.610. The Morgan fingerprint density at radius 3 is 2.86 bits per heavy atom. The van der Waals surface area contributed by atoms with Crippen LogP contribution in [0.4, 0.5) is 0 Å². The van der Waals surface area contributed by atoms with Gasteiger partial charge in [-0.05, 0) is 26.2 Å². The van der Waals surface area contributed by atoms with Gasteiger partial charge in [-0.1, -0.05) is 6.42 Å². The zero-order valence-corrected chi connectivity index (χ0v) is 8.57. The third-order valence-corrected chi connectivity index (χ3v) is 2.82. The molecule has 0 aliphatic heterocycles. The molecule has 1 saturated carbocycles. The molecule has 0 aromatic rings. The minimum atomic E-state index is -0.687. The van der Waals surface area contributed by atoms with Crippen molar-refractivity contribution in [2.45, 2.75) is 44.7 Å². The Morgan fingerprint density at radius 2 is 2.29 bits per heavy atom. The first-order valence-electron chi connectivity index (χ1n) is 5.23. The summed E-state index contributed by atoms with van der Waals surface area (Å²) in [4.78, 5) is 10.8. The molecular weight excluding hydrogens is 182 g/mol. The molecule has 0 spiro atoms. The summed E-state index contributed by atoms with van der Waals surface area (Å²) in [5.41, 5.74) is 0. The number of hydrogen-bond acceptors (Lipinski definition) is 3. The standard InChI is InChI=1S/C10H19NO3/c1-7(6-12)11-9-4-2-3-8(5-9)10(13)14/h7-9,11-12H,2-6H2,1H3,(H,13,14). The lowest BCUT2D eigenvalue weighted by molar-refractivity contribution is -0.143. The van der Waals surface area contributed by atoms with Crippen molar-refractivity contribution in [2.24, 2.45) is 5.92 Å². The summed E-state index contributed by atoms with van der Waals surface area (Å²) in [7, 11) is 0. The van der Waals surface area contributed by atoms with Crippen molar-refractivity contribution < 1.29 is 15.0 Å².